The Labute approximate surface area is 319 Å². The highest BCUT2D eigenvalue weighted by molar-refractivity contribution is 6.24. The van der Waals surface area contributed by atoms with Crippen LogP contribution >= 0.6 is 0 Å². The van der Waals surface area contributed by atoms with Crippen LogP contribution in [0.5, 0.6) is 0 Å². The monoisotopic (exact) mass is 715 g/mol. The lowest BCUT2D eigenvalue weighted by Crippen LogP contribution is -2.06. The van der Waals surface area contributed by atoms with Crippen molar-refractivity contribution in [3.8, 4) is 23.1 Å². The molecule has 0 aliphatic rings. The molecule has 12 aromatic rings. The van der Waals surface area contributed by atoms with E-state index >= 15 is 0 Å². The first-order chi connectivity index (χ1) is 27.7. The molecule has 56 heavy (non-hydrogen) atoms. The summed E-state index contributed by atoms with van der Waals surface area (Å²) in [6.45, 7) is 0. The molecule has 4 heterocycles. The second-order valence-electron chi connectivity index (χ2n) is 14.4. The Hall–Kier alpha value is -7.88. The Bertz CT molecular complexity index is 3590. The van der Waals surface area contributed by atoms with Crippen LogP contribution in [-0.2, 0) is 0 Å². The third kappa shape index (κ3) is 4.00. The lowest BCUT2D eigenvalue weighted by Gasteiger charge is -2.17. The van der Waals surface area contributed by atoms with Crippen LogP contribution in [0.15, 0.2) is 168 Å². The Kier molecular flexibility index (Phi) is 6.18. The minimum atomic E-state index is 0.511. The van der Waals surface area contributed by atoms with Gasteiger partial charge in [0.1, 0.15) is 22.8 Å². The molecule has 0 unspecified atom stereocenters. The maximum Gasteiger partial charge on any atom is 0.145 e. The van der Waals surface area contributed by atoms with Gasteiger partial charge in [-0.3, -0.25) is 0 Å². The van der Waals surface area contributed by atoms with E-state index in [0.717, 1.165) is 88.0 Å². The zero-order valence-corrected chi connectivity index (χ0v) is 29.9. The van der Waals surface area contributed by atoms with E-state index in [1.165, 1.54) is 17.0 Å². The Morgan fingerprint density at radius 2 is 0.946 bits per heavy atom. The quantitative estimate of drug-likeness (QED) is 0.184. The fraction of sp³-hybridized carbons (Fsp3) is 0. The van der Waals surface area contributed by atoms with E-state index in [-0.39, 0.29) is 0 Å². The minimum absolute atomic E-state index is 0.511. The topological polar surface area (TPSA) is 75.6 Å². The zero-order chi connectivity index (χ0) is 37.1. The SMILES string of the molecule is N#Cc1c(-n2c3ccccc3c3ccccc32)cc(C=N)cc1-n1c2ccc(-n3c4ccccc4c4ccccc43)cc2c2c3oc4ccccc4c3ccc21. The van der Waals surface area contributed by atoms with Gasteiger partial charge < -0.3 is 23.5 Å². The summed E-state index contributed by atoms with van der Waals surface area (Å²) in [5, 5.41) is 28.4. The molecule has 0 amide bonds. The molecular weight excluding hydrogens is 687 g/mol. The number of nitrogens with zero attached hydrogens (tertiary/aromatic N) is 4. The highest BCUT2D eigenvalue weighted by Crippen LogP contribution is 2.44. The van der Waals surface area contributed by atoms with E-state index in [1.807, 2.05) is 54.6 Å². The maximum absolute atomic E-state index is 11.2. The summed E-state index contributed by atoms with van der Waals surface area (Å²) < 4.78 is 13.4. The summed E-state index contributed by atoms with van der Waals surface area (Å²) in [6.07, 6.45) is 1.37. The molecule has 12 rings (SSSR count). The van der Waals surface area contributed by atoms with Crippen molar-refractivity contribution in [2.45, 2.75) is 0 Å². The fourth-order valence-electron chi connectivity index (χ4n) is 9.24. The van der Waals surface area contributed by atoms with Crippen LogP contribution in [-0.4, -0.2) is 19.9 Å². The number of hydrogen-bond donors (Lipinski definition) is 1. The van der Waals surface area contributed by atoms with Gasteiger partial charge in [-0.15, -0.1) is 0 Å². The van der Waals surface area contributed by atoms with Gasteiger partial charge >= 0.3 is 0 Å². The Balaban J connectivity index is 1.23. The van der Waals surface area contributed by atoms with Crippen LogP contribution in [0.3, 0.4) is 0 Å². The van der Waals surface area contributed by atoms with Crippen molar-refractivity contribution in [2.24, 2.45) is 0 Å². The summed E-state index contributed by atoms with van der Waals surface area (Å²) in [6, 6.07) is 59.3. The minimum Gasteiger partial charge on any atom is -0.455 e. The molecule has 0 aliphatic carbocycles. The normalized spacial score (nSPS) is 12.0. The molecule has 0 radical (unpaired) electrons. The summed E-state index contributed by atoms with van der Waals surface area (Å²) >= 11 is 0. The largest absolute Gasteiger partial charge is 0.455 e. The Morgan fingerprint density at radius 1 is 0.464 bits per heavy atom. The van der Waals surface area contributed by atoms with E-state index in [2.05, 4.69) is 129 Å². The standard InChI is InChI=1S/C50H29N5O/c51-28-30-25-46(54-42-18-8-3-13-34(42)35-14-4-9-19-43(35)54)39(29-52)47(26-30)55-44-23-21-31(53-40-16-6-1-11-32(40)33-12-2-7-17-41(33)53)27-38(44)49-45(55)24-22-37-36-15-5-10-20-48(36)56-50(37)49/h1-28,51H. The predicted octanol–water partition coefficient (Wildman–Crippen LogP) is 12.7. The molecule has 260 valence electrons. The lowest BCUT2D eigenvalue weighted by molar-refractivity contribution is 0.673. The number of aromatic nitrogens is 3. The predicted molar refractivity (Wildman–Crippen MR) is 229 cm³/mol. The van der Waals surface area contributed by atoms with E-state index < -0.39 is 0 Å². The van der Waals surface area contributed by atoms with Crippen LogP contribution in [0.2, 0.25) is 0 Å². The molecule has 1 N–H and O–H groups in total. The van der Waals surface area contributed by atoms with Crippen molar-refractivity contribution in [1.82, 2.24) is 13.7 Å². The number of nitrogens with one attached hydrogen (secondary N) is 1. The van der Waals surface area contributed by atoms with Gasteiger partial charge in [-0.25, -0.2) is 0 Å². The number of furan rings is 1. The van der Waals surface area contributed by atoms with E-state index in [9.17, 15) is 5.26 Å². The first kappa shape index (κ1) is 30.6. The van der Waals surface area contributed by atoms with E-state index in [0.29, 0.717) is 16.8 Å². The van der Waals surface area contributed by atoms with Gasteiger partial charge in [0.15, 0.2) is 0 Å². The summed E-state index contributed by atoms with van der Waals surface area (Å²) in [4.78, 5) is 0. The molecule has 0 saturated carbocycles. The van der Waals surface area contributed by atoms with Crippen molar-refractivity contribution in [3.05, 3.63) is 175 Å². The molecular formula is C50H29N5O. The van der Waals surface area contributed by atoms with Crippen LogP contribution in [0, 0.1) is 16.7 Å². The molecule has 0 bridgehead atoms. The molecule has 8 aromatic carbocycles. The first-order valence-corrected chi connectivity index (χ1v) is 18.7. The van der Waals surface area contributed by atoms with Crippen molar-refractivity contribution in [3.63, 3.8) is 0 Å². The molecule has 6 nitrogen and oxygen atoms in total. The Morgan fingerprint density at radius 3 is 1.52 bits per heavy atom. The number of para-hydroxylation sites is 5. The average Bonchev–Trinajstić information content (AvgIpc) is 3.99. The van der Waals surface area contributed by atoms with Crippen LogP contribution in [0.1, 0.15) is 11.1 Å². The van der Waals surface area contributed by atoms with Crippen LogP contribution in [0.4, 0.5) is 0 Å². The number of benzene rings is 8. The smallest absolute Gasteiger partial charge is 0.145 e. The van der Waals surface area contributed by atoms with Crippen LogP contribution in [0.25, 0.3) is 104 Å². The second-order valence-corrected chi connectivity index (χ2v) is 14.4. The highest BCUT2D eigenvalue weighted by Gasteiger charge is 2.24. The van der Waals surface area contributed by atoms with Gasteiger partial charge in [-0.1, -0.05) is 91.0 Å². The first-order valence-electron chi connectivity index (χ1n) is 18.7. The summed E-state index contributed by atoms with van der Waals surface area (Å²) in [5.41, 5.74) is 11.4. The van der Waals surface area contributed by atoms with Crippen molar-refractivity contribution in [1.29, 1.82) is 10.7 Å². The van der Waals surface area contributed by atoms with E-state index in [1.54, 1.807) is 0 Å². The molecule has 6 heteroatoms. The second kappa shape index (κ2) is 11.3. The molecule has 0 atom stereocenters. The molecule has 0 fully saturated rings. The highest BCUT2D eigenvalue weighted by atomic mass is 16.3. The maximum atomic E-state index is 11.2. The molecule has 4 aromatic heterocycles. The van der Waals surface area contributed by atoms with Crippen molar-refractivity contribution < 1.29 is 4.42 Å². The van der Waals surface area contributed by atoms with Gasteiger partial charge in [0.05, 0.1) is 49.9 Å². The van der Waals surface area contributed by atoms with Gasteiger partial charge in [-0.2, -0.15) is 5.26 Å². The number of rotatable bonds is 4. The van der Waals surface area contributed by atoms with Crippen molar-refractivity contribution in [2.75, 3.05) is 0 Å². The summed E-state index contributed by atoms with van der Waals surface area (Å²) in [5.74, 6) is 0. The number of nitriles is 1. The molecule has 0 spiro atoms. The lowest BCUT2D eigenvalue weighted by atomic mass is 10.1. The van der Waals surface area contributed by atoms with Gasteiger partial charge in [0.25, 0.3) is 0 Å². The van der Waals surface area contributed by atoms with Gasteiger partial charge in [0.2, 0.25) is 0 Å². The van der Waals surface area contributed by atoms with Gasteiger partial charge in [-0.05, 0) is 78.4 Å². The number of fused-ring (bicyclic) bond motifs is 13. The van der Waals surface area contributed by atoms with Crippen molar-refractivity contribution >= 4 is 93.6 Å². The fourth-order valence-corrected chi connectivity index (χ4v) is 9.24. The molecule has 0 aliphatic heterocycles. The molecule has 0 saturated heterocycles. The van der Waals surface area contributed by atoms with Crippen LogP contribution < -0.4 is 0 Å². The van der Waals surface area contributed by atoms with Gasteiger partial charge in [0, 0.05) is 49.6 Å². The third-order valence-corrected chi connectivity index (χ3v) is 11.6. The summed E-state index contributed by atoms with van der Waals surface area (Å²) in [7, 11) is 0. The van der Waals surface area contributed by atoms with E-state index in [4.69, 9.17) is 9.83 Å². The average molecular weight is 716 g/mol. The number of hydrogen-bond acceptors (Lipinski definition) is 3. The third-order valence-electron chi connectivity index (χ3n) is 11.6. The zero-order valence-electron chi connectivity index (χ0n) is 29.9.